The molecular formula is C21H37NO3. The van der Waals surface area contributed by atoms with Crippen LogP contribution >= 0.6 is 0 Å². The van der Waals surface area contributed by atoms with Crippen LogP contribution in [0.3, 0.4) is 0 Å². The molecule has 0 aromatic rings. The topological polar surface area (TPSA) is 41.9 Å². The fourth-order valence-corrected chi connectivity index (χ4v) is 6.34. The van der Waals surface area contributed by atoms with Crippen LogP contribution in [0, 0.1) is 23.7 Å². The molecule has 1 saturated heterocycles. The van der Waals surface area contributed by atoms with Gasteiger partial charge in [-0.25, -0.2) is 0 Å². The lowest BCUT2D eigenvalue weighted by atomic mass is 9.54. The number of nitrogens with zero attached hydrogens (tertiary/aromatic N) is 1. The summed E-state index contributed by atoms with van der Waals surface area (Å²) in [6, 6.07) is 0. The first-order valence-corrected chi connectivity index (χ1v) is 10.7. The lowest BCUT2D eigenvalue weighted by Crippen LogP contribution is -2.52. The van der Waals surface area contributed by atoms with Crippen LogP contribution in [0.4, 0.5) is 0 Å². The number of ether oxygens (including phenoxy) is 2. The Morgan fingerprint density at radius 3 is 2.20 bits per heavy atom. The molecule has 4 bridgehead atoms. The maximum absolute atomic E-state index is 10.2. The van der Waals surface area contributed by atoms with Crippen LogP contribution < -0.4 is 0 Å². The second-order valence-corrected chi connectivity index (χ2v) is 9.66. The predicted molar refractivity (Wildman–Crippen MR) is 98.5 cm³/mol. The SMILES string of the molecule is CC1CCN(C[C@H](O)COCCOC23CC4CC(CC(C4)C2)C3)CC1. The highest BCUT2D eigenvalue weighted by molar-refractivity contribution is 5.03. The lowest BCUT2D eigenvalue weighted by molar-refractivity contribution is -0.170. The van der Waals surface area contributed by atoms with Crippen LogP contribution in [0.5, 0.6) is 0 Å². The standard InChI is InChI=1S/C21H37NO3/c1-16-2-4-22(5-3-16)14-20(23)15-24-6-7-25-21-11-17-8-18(12-21)10-19(9-17)13-21/h16-20,23H,2-15H2,1H3/t17?,18?,19?,20-,21?/m0/s1. The zero-order chi connectivity index (χ0) is 17.3. The summed E-state index contributed by atoms with van der Waals surface area (Å²) in [4.78, 5) is 2.37. The Hall–Kier alpha value is -0.160. The highest BCUT2D eigenvalue weighted by atomic mass is 16.5. The van der Waals surface area contributed by atoms with Gasteiger partial charge in [-0.05, 0) is 88.1 Å². The average Bonchev–Trinajstić information content (AvgIpc) is 2.55. The molecule has 4 nitrogen and oxygen atoms in total. The van der Waals surface area contributed by atoms with E-state index in [2.05, 4.69) is 11.8 Å². The second-order valence-electron chi connectivity index (χ2n) is 9.66. The van der Waals surface area contributed by atoms with E-state index in [0.717, 1.165) is 43.3 Å². The fraction of sp³-hybridized carbons (Fsp3) is 1.00. The number of likely N-dealkylation sites (tertiary alicyclic amines) is 1. The van der Waals surface area contributed by atoms with Crippen molar-refractivity contribution in [1.29, 1.82) is 0 Å². The van der Waals surface area contributed by atoms with Crippen molar-refractivity contribution in [2.75, 3.05) is 39.5 Å². The number of β-amino-alcohol motifs (C(OH)–C–C–N with tert-alkyl or cyclic N) is 1. The molecule has 5 rings (SSSR count). The third-order valence-corrected chi connectivity index (χ3v) is 7.27. The Morgan fingerprint density at radius 1 is 1.00 bits per heavy atom. The minimum absolute atomic E-state index is 0.182. The summed E-state index contributed by atoms with van der Waals surface area (Å²) in [7, 11) is 0. The van der Waals surface area contributed by atoms with E-state index in [-0.39, 0.29) is 11.7 Å². The van der Waals surface area contributed by atoms with Crippen molar-refractivity contribution >= 4 is 0 Å². The summed E-state index contributed by atoms with van der Waals surface area (Å²) in [6.07, 6.45) is 10.4. The maximum atomic E-state index is 10.2. The van der Waals surface area contributed by atoms with Crippen molar-refractivity contribution in [2.24, 2.45) is 23.7 Å². The Labute approximate surface area is 153 Å². The first-order valence-electron chi connectivity index (χ1n) is 10.7. The molecule has 1 atom stereocenters. The van der Waals surface area contributed by atoms with E-state index in [0.29, 0.717) is 19.8 Å². The first-order chi connectivity index (χ1) is 12.1. The zero-order valence-corrected chi connectivity index (χ0v) is 16.0. The molecule has 5 aliphatic rings. The molecule has 1 aliphatic heterocycles. The molecule has 5 fully saturated rings. The minimum atomic E-state index is -0.368. The Morgan fingerprint density at radius 2 is 1.60 bits per heavy atom. The summed E-state index contributed by atoms with van der Waals surface area (Å²) in [5.74, 6) is 3.63. The predicted octanol–water partition coefficient (Wildman–Crippen LogP) is 3.08. The first kappa shape index (κ1) is 18.2. The molecule has 4 heteroatoms. The Kier molecular flexibility index (Phi) is 5.71. The van der Waals surface area contributed by atoms with Crippen molar-refractivity contribution in [3.8, 4) is 0 Å². The Balaban J connectivity index is 1.10. The van der Waals surface area contributed by atoms with Crippen LogP contribution in [0.15, 0.2) is 0 Å². The third kappa shape index (κ3) is 4.58. The van der Waals surface area contributed by atoms with Gasteiger partial charge in [0.25, 0.3) is 0 Å². The number of piperidine rings is 1. The molecule has 144 valence electrons. The van der Waals surface area contributed by atoms with Gasteiger partial charge in [0.1, 0.15) is 0 Å². The fourth-order valence-electron chi connectivity index (χ4n) is 6.34. The van der Waals surface area contributed by atoms with Gasteiger partial charge in [0, 0.05) is 6.54 Å². The molecule has 4 aliphatic carbocycles. The zero-order valence-electron chi connectivity index (χ0n) is 16.0. The average molecular weight is 352 g/mol. The van der Waals surface area contributed by atoms with E-state index in [1.54, 1.807) is 0 Å². The summed E-state index contributed by atoms with van der Waals surface area (Å²) in [5, 5.41) is 10.2. The number of aliphatic hydroxyl groups is 1. The van der Waals surface area contributed by atoms with Crippen LogP contribution in [-0.2, 0) is 9.47 Å². The van der Waals surface area contributed by atoms with E-state index in [1.165, 1.54) is 51.4 Å². The van der Waals surface area contributed by atoms with Crippen molar-refractivity contribution in [3.05, 3.63) is 0 Å². The van der Waals surface area contributed by atoms with Crippen molar-refractivity contribution in [2.45, 2.75) is 70.0 Å². The maximum Gasteiger partial charge on any atom is 0.0900 e. The molecule has 0 spiro atoms. The van der Waals surface area contributed by atoms with E-state index < -0.39 is 0 Å². The highest BCUT2D eigenvalue weighted by Crippen LogP contribution is 2.57. The van der Waals surface area contributed by atoms with Crippen LogP contribution in [0.25, 0.3) is 0 Å². The Bertz CT molecular complexity index is 398. The van der Waals surface area contributed by atoms with Crippen molar-refractivity contribution in [1.82, 2.24) is 4.90 Å². The highest BCUT2D eigenvalue weighted by Gasteiger charge is 2.51. The quantitative estimate of drug-likeness (QED) is 0.683. The van der Waals surface area contributed by atoms with Gasteiger partial charge < -0.3 is 19.5 Å². The second kappa shape index (κ2) is 7.84. The van der Waals surface area contributed by atoms with Gasteiger partial charge in [-0.1, -0.05) is 6.92 Å². The molecule has 0 unspecified atom stereocenters. The number of aliphatic hydroxyl groups excluding tert-OH is 1. The van der Waals surface area contributed by atoms with Gasteiger partial charge in [0.05, 0.1) is 31.5 Å². The molecule has 0 aromatic heterocycles. The largest absolute Gasteiger partial charge is 0.389 e. The van der Waals surface area contributed by atoms with Crippen LogP contribution in [0.1, 0.15) is 58.3 Å². The van der Waals surface area contributed by atoms with E-state index in [9.17, 15) is 5.11 Å². The van der Waals surface area contributed by atoms with E-state index >= 15 is 0 Å². The molecule has 0 amide bonds. The lowest BCUT2D eigenvalue weighted by Gasteiger charge is -2.56. The number of rotatable bonds is 8. The number of hydrogen-bond donors (Lipinski definition) is 1. The normalized spacial score (nSPS) is 39.8. The smallest absolute Gasteiger partial charge is 0.0900 e. The van der Waals surface area contributed by atoms with Crippen molar-refractivity contribution in [3.63, 3.8) is 0 Å². The van der Waals surface area contributed by atoms with Crippen LogP contribution in [-0.4, -0.2) is 61.2 Å². The molecule has 4 saturated carbocycles. The summed E-state index contributed by atoms with van der Waals surface area (Å²) < 4.78 is 12.1. The van der Waals surface area contributed by atoms with Gasteiger partial charge >= 0.3 is 0 Å². The number of hydrogen-bond acceptors (Lipinski definition) is 4. The summed E-state index contributed by atoms with van der Waals surface area (Å²) >= 11 is 0. The van der Waals surface area contributed by atoms with Gasteiger partial charge in [-0.2, -0.15) is 0 Å². The van der Waals surface area contributed by atoms with Crippen LogP contribution in [0.2, 0.25) is 0 Å². The molecule has 1 heterocycles. The summed E-state index contributed by atoms with van der Waals surface area (Å²) in [5.41, 5.74) is 0.182. The van der Waals surface area contributed by atoms with Crippen molar-refractivity contribution < 1.29 is 14.6 Å². The summed E-state index contributed by atoms with van der Waals surface area (Å²) in [6.45, 7) is 7.07. The molecule has 0 aromatic carbocycles. The monoisotopic (exact) mass is 351 g/mol. The van der Waals surface area contributed by atoms with E-state index in [1.807, 2.05) is 0 Å². The van der Waals surface area contributed by atoms with Gasteiger partial charge in [-0.3, -0.25) is 0 Å². The molecule has 0 radical (unpaired) electrons. The molecule has 25 heavy (non-hydrogen) atoms. The van der Waals surface area contributed by atoms with Gasteiger partial charge in [0.15, 0.2) is 0 Å². The molecule has 1 N–H and O–H groups in total. The van der Waals surface area contributed by atoms with Gasteiger partial charge in [0.2, 0.25) is 0 Å². The molecular weight excluding hydrogens is 314 g/mol. The van der Waals surface area contributed by atoms with E-state index in [4.69, 9.17) is 9.47 Å². The third-order valence-electron chi connectivity index (χ3n) is 7.27. The van der Waals surface area contributed by atoms with Gasteiger partial charge in [-0.15, -0.1) is 0 Å². The minimum Gasteiger partial charge on any atom is -0.389 e.